The normalized spacial score (nSPS) is 13.9. The van der Waals surface area contributed by atoms with Crippen LogP contribution in [-0.2, 0) is 6.54 Å². The summed E-state index contributed by atoms with van der Waals surface area (Å²) in [5.74, 6) is 0.433. The fourth-order valence-corrected chi connectivity index (χ4v) is 3.50. The predicted molar refractivity (Wildman–Crippen MR) is 91.7 cm³/mol. The summed E-state index contributed by atoms with van der Waals surface area (Å²) in [6.45, 7) is 3.32. The average Bonchev–Trinajstić information content (AvgIpc) is 2.82. The molecule has 3 aromatic rings. The van der Waals surface area contributed by atoms with Crippen molar-refractivity contribution in [2.24, 2.45) is 0 Å². The standard InChI is InChI=1S/C17H15ClN4O/c1-9-12-6-11(18)7-13(10-2-3-14(19)21-8-10)16(12)22-5-4-20-17(23)15(9)22/h2-3,6-8H,4-5H2,1H3,(H2,19,21)(H,20,23). The highest BCUT2D eigenvalue weighted by Crippen LogP contribution is 2.37. The number of nitrogens with zero attached hydrogens (tertiary/aromatic N) is 2. The van der Waals surface area contributed by atoms with Gasteiger partial charge < -0.3 is 15.6 Å². The van der Waals surface area contributed by atoms with Gasteiger partial charge in [0.25, 0.3) is 5.91 Å². The number of benzene rings is 1. The number of hydrogen-bond donors (Lipinski definition) is 2. The van der Waals surface area contributed by atoms with Crippen molar-refractivity contribution in [3.05, 3.63) is 46.7 Å². The van der Waals surface area contributed by atoms with Gasteiger partial charge in [-0.15, -0.1) is 0 Å². The number of fused-ring (bicyclic) bond motifs is 3. The minimum atomic E-state index is -0.0394. The summed E-state index contributed by atoms with van der Waals surface area (Å²) >= 11 is 6.32. The van der Waals surface area contributed by atoms with Crippen LogP contribution in [0.3, 0.4) is 0 Å². The zero-order valence-corrected chi connectivity index (χ0v) is 13.3. The Bertz CT molecular complexity index is 944. The third-order valence-corrected chi connectivity index (χ3v) is 4.53. The highest BCUT2D eigenvalue weighted by atomic mass is 35.5. The number of aryl methyl sites for hydroxylation is 1. The number of carbonyl (C=O) groups is 1. The molecule has 3 N–H and O–H groups in total. The van der Waals surface area contributed by atoms with Crippen LogP contribution in [0.25, 0.3) is 22.0 Å². The molecule has 0 saturated heterocycles. The molecule has 2 aromatic heterocycles. The van der Waals surface area contributed by atoms with Crippen LogP contribution in [0.2, 0.25) is 5.02 Å². The molecule has 23 heavy (non-hydrogen) atoms. The maximum atomic E-state index is 12.3. The Morgan fingerprint density at radius 2 is 2.17 bits per heavy atom. The average molecular weight is 327 g/mol. The number of rotatable bonds is 1. The highest BCUT2D eigenvalue weighted by Gasteiger charge is 2.25. The molecule has 1 aromatic carbocycles. The summed E-state index contributed by atoms with van der Waals surface area (Å²) in [6, 6.07) is 7.52. The zero-order chi connectivity index (χ0) is 16.1. The molecule has 1 aliphatic heterocycles. The van der Waals surface area contributed by atoms with Crippen LogP contribution in [0.15, 0.2) is 30.5 Å². The number of amides is 1. The van der Waals surface area contributed by atoms with Gasteiger partial charge in [0.2, 0.25) is 0 Å². The maximum Gasteiger partial charge on any atom is 0.268 e. The number of nitrogens with two attached hydrogens (primary N) is 1. The first-order chi connectivity index (χ1) is 11.1. The molecule has 1 amide bonds. The maximum absolute atomic E-state index is 12.3. The lowest BCUT2D eigenvalue weighted by Crippen LogP contribution is -2.35. The molecule has 0 saturated carbocycles. The molecule has 0 unspecified atom stereocenters. The molecular weight excluding hydrogens is 312 g/mol. The van der Waals surface area contributed by atoms with Crippen molar-refractivity contribution in [2.75, 3.05) is 12.3 Å². The molecule has 0 bridgehead atoms. The van der Waals surface area contributed by atoms with E-state index in [1.54, 1.807) is 12.3 Å². The van der Waals surface area contributed by atoms with Gasteiger partial charge in [0.1, 0.15) is 11.5 Å². The van der Waals surface area contributed by atoms with Crippen molar-refractivity contribution >= 4 is 34.2 Å². The summed E-state index contributed by atoms with van der Waals surface area (Å²) in [5, 5.41) is 4.53. The van der Waals surface area contributed by atoms with Crippen LogP contribution in [-0.4, -0.2) is 22.0 Å². The van der Waals surface area contributed by atoms with Crippen molar-refractivity contribution in [1.29, 1.82) is 0 Å². The fraction of sp³-hybridized carbons (Fsp3) is 0.176. The lowest BCUT2D eigenvalue weighted by Gasteiger charge is -2.18. The number of nitrogens with one attached hydrogen (secondary N) is 1. The number of aromatic nitrogens is 2. The Hall–Kier alpha value is -2.53. The van der Waals surface area contributed by atoms with E-state index in [2.05, 4.69) is 14.9 Å². The Labute approximate surface area is 138 Å². The number of halogens is 1. The number of carbonyl (C=O) groups excluding carboxylic acids is 1. The van der Waals surface area contributed by atoms with Gasteiger partial charge in [-0.3, -0.25) is 4.79 Å². The van der Waals surface area contributed by atoms with Gasteiger partial charge in [0.15, 0.2) is 0 Å². The SMILES string of the molecule is Cc1c2n(c3c(-c4ccc(N)nc4)cc(Cl)cc13)CCNC2=O. The van der Waals surface area contributed by atoms with E-state index in [9.17, 15) is 4.79 Å². The Kier molecular flexibility index (Phi) is 3.06. The Morgan fingerprint density at radius 3 is 2.91 bits per heavy atom. The smallest absolute Gasteiger partial charge is 0.268 e. The number of hydrogen-bond acceptors (Lipinski definition) is 3. The van der Waals surface area contributed by atoms with Crippen molar-refractivity contribution in [3.8, 4) is 11.1 Å². The van der Waals surface area contributed by atoms with E-state index in [4.69, 9.17) is 17.3 Å². The second kappa shape index (κ2) is 4.99. The van der Waals surface area contributed by atoms with Crippen LogP contribution < -0.4 is 11.1 Å². The summed E-state index contributed by atoms with van der Waals surface area (Å²) in [5.41, 5.74) is 10.2. The Balaban J connectivity index is 2.10. The molecule has 4 rings (SSSR count). The van der Waals surface area contributed by atoms with Gasteiger partial charge >= 0.3 is 0 Å². The number of anilines is 1. The van der Waals surface area contributed by atoms with Crippen LogP contribution in [0.1, 0.15) is 16.1 Å². The lowest BCUT2D eigenvalue weighted by atomic mass is 10.0. The molecule has 0 fully saturated rings. The second-order valence-corrected chi connectivity index (χ2v) is 6.14. The zero-order valence-electron chi connectivity index (χ0n) is 12.6. The van der Waals surface area contributed by atoms with Crippen LogP contribution in [0.4, 0.5) is 5.82 Å². The molecule has 0 atom stereocenters. The van der Waals surface area contributed by atoms with Crippen molar-refractivity contribution in [3.63, 3.8) is 0 Å². The molecule has 3 heterocycles. The van der Waals surface area contributed by atoms with Crippen LogP contribution in [0.5, 0.6) is 0 Å². The summed E-state index contributed by atoms with van der Waals surface area (Å²) in [4.78, 5) is 16.4. The predicted octanol–water partition coefficient (Wildman–Crippen LogP) is 2.99. The molecule has 0 radical (unpaired) electrons. The van der Waals surface area contributed by atoms with Gasteiger partial charge in [-0.1, -0.05) is 11.6 Å². The fourth-order valence-electron chi connectivity index (χ4n) is 3.28. The summed E-state index contributed by atoms with van der Waals surface area (Å²) in [6.07, 6.45) is 1.73. The van der Waals surface area contributed by atoms with Gasteiger partial charge in [-0.05, 0) is 36.8 Å². The number of pyridine rings is 1. The van der Waals surface area contributed by atoms with E-state index in [0.29, 0.717) is 23.1 Å². The molecule has 116 valence electrons. The Morgan fingerprint density at radius 1 is 1.35 bits per heavy atom. The van der Waals surface area contributed by atoms with E-state index in [1.165, 1.54) is 0 Å². The van der Waals surface area contributed by atoms with Gasteiger partial charge in [-0.2, -0.15) is 0 Å². The molecule has 6 heteroatoms. The van der Waals surface area contributed by atoms with Crippen molar-refractivity contribution < 1.29 is 4.79 Å². The third kappa shape index (κ3) is 2.08. The quantitative estimate of drug-likeness (QED) is 0.722. The molecular formula is C17H15ClN4O. The topological polar surface area (TPSA) is 72.9 Å². The highest BCUT2D eigenvalue weighted by molar-refractivity contribution is 6.32. The lowest BCUT2D eigenvalue weighted by molar-refractivity contribution is 0.0928. The second-order valence-electron chi connectivity index (χ2n) is 5.70. The third-order valence-electron chi connectivity index (χ3n) is 4.31. The first kappa shape index (κ1) is 14.1. The first-order valence-corrected chi connectivity index (χ1v) is 7.76. The largest absolute Gasteiger partial charge is 0.384 e. The van der Waals surface area contributed by atoms with Crippen molar-refractivity contribution in [2.45, 2.75) is 13.5 Å². The van der Waals surface area contributed by atoms with E-state index >= 15 is 0 Å². The minimum Gasteiger partial charge on any atom is -0.384 e. The van der Waals surface area contributed by atoms with E-state index in [-0.39, 0.29) is 5.91 Å². The van der Waals surface area contributed by atoms with Gasteiger partial charge in [-0.25, -0.2) is 4.98 Å². The molecule has 1 aliphatic rings. The van der Waals surface area contributed by atoms with E-state index in [0.717, 1.165) is 34.1 Å². The molecule has 0 aliphatic carbocycles. The van der Waals surface area contributed by atoms with Gasteiger partial charge in [0.05, 0.1) is 5.52 Å². The summed E-state index contributed by atoms with van der Waals surface area (Å²) < 4.78 is 2.07. The first-order valence-electron chi connectivity index (χ1n) is 7.38. The monoisotopic (exact) mass is 326 g/mol. The van der Waals surface area contributed by atoms with Crippen LogP contribution >= 0.6 is 11.6 Å². The van der Waals surface area contributed by atoms with Crippen LogP contribution in [0, 0.1) is 6.92 Å². The summed E-state index contributed by atoms with van der Waals surface area (Å²) in [7, 11) is 0. The van der Waals surface area contributed by atoms with E-state index < -0.39 is 0 Å². The number of nitrogen functional groups attached to an aromatic ring is 1. The molecule has 5 nitrogen and oxygen atoms in total. The minimum absolute atomic E-state index is 0.0394. The van der Waals surface area contributed by atoms with Crippen molar-refractivity contribution in [1.82, 2.24) is 14.9 Å². The van der Waals surface area contributed by atoms with E-state index in [1.807, 2.05) is 25.1 Å². The molecule has 0 spiro atoms. The van der Waals surface area contributed by atoms with Gasteiger partial charge in [0, 0.05) is 40.8 Å².